The molecule has 1 aliphatic carbocycles. The fourth-order valence-corrected chi connectivity index (χ4v) is 2.74. The number of fused-ring (bicyclic) bond motifs is 1. The fraction of sp³-hybridized carbons (Fsp3) is 0.500. The largest absolute Gasteiger partial charge is 0.494 e. The van der Waals surface area contributed by atoms with E-state index in [1.165, 1.54) is 0 Å². The van der Waals surface area contributed by atoms with Gasteiger partial charge in [0.2, 0.25) is 0 Å². The lowest BCUT2D eigenvalue weighted by atomic mass is 10.1. The van der Waals surface area contributed by atoms with Crippen LogP contribution in [0.4, 0.5) is 0 Å². The first-order valence-electron chi connectivity index (χ1n) is 8.14. The number of aromatic nitrogens is 1. The van der Waals surface area contributed by atoms with Crippen molar-refractivity contribution < 1.29 is 9.53 Å². The van der Waals surface area contributed by atoms with E-state index in [1.54, 1.807) is 0 Å². The molecule has 1 aliphatic rings. The molecule has 1 fully saturated rings. The van der Waals surface area contributed by atoms with E-state index in [-0.39, 0.29) is 5.91 Å². The molecular formula is C18H24N2O2. The third kappa shape index (κ3) is 2.82. The molecule has 0 bridgehead atoms. The van der Waals surface area contributed by atoms with Crippen molar-refractivity contribution in [2.75, 3.05) is 6.61 Å². The van der Waals surface area contributed by atoms with E-state index in [0.717, 1.165) is 60.2 Å². The number of carbonyl (C=O) groups is 1. The van der Waals surface area contributed by atoms with Gasteiger partial charge < -0.3 is 14.6 Å². The Morgan fingerprint density at radius 1 is 1.41 bits per heavy atom. The standard InChI is InChI=1S/C18H24N2O2/c1-4-5-10-22-14-8-9-15-16(11-14)20(3)12(2)17(15)18(21)19-13-6-7-13/h8-9,11,13H,4-7,10H2,1-3H3,(H,19,21). The first-order valence-corrected chi connectivity index (χ1v) is 8.14. The van der Waals surface area contributed by atoms with E-state index < -0.39 is 0 Å². The third-order valence-electron chi connectivity index (χ3n) is 4.37. The van der Waals surface area contributed by atoms with Gasteiger partial charge in [-0.15, -0.1) is 0 Å². The SMILES string of the molecule is CCCCOc1ccc2c(C(=O)NC3CC3)c(C)n(C)c2c1. The zero-order valence-electron chi connectivity index (χ0n) is 13.6. The highest BCUT2D eigenvalue weighted by Gasteiger charge is 2.26. The van der Waals surface area contributed by atoms with Gasteiger partial charge in [0.1, 0.15) is 5.75 Å². The minimum absolute atomic E-state index is 0.0465. The monoisotopic (exact) mass is 300 g/mol. The Hall–Kier alpha value is -1.97. The predicted octanol–water partition coefficient (Wildman–Crippen LogP) is 3.56. The quantitative estimate of drug-likeness (QED) is 0.829. The Labute approximate surface area is 131 Å². The Bertz CT molecular complexity index is 699. The van der Waals surface area contributed by atoms with Crippen LogP contribution in [-0.2, 0) is 7.05 Å². The van der Waals surface area contributed by atoms with Crippen LogP contribution in [0.25, 0.3) is 10.9 Å². The van der Waals surface area contributed by atoms with Crippen molar-refractivity contribution in [3.8, 4) is 5.75 Å². The van der Waals surface area contributed by atoms with Crippen molar-refractivity contribution in [3.63, 3.8) is 0 Å². The molecule has 1 amide bonds. The number of unbranched alkanes of at least 4 members (excludes halogenated alkanes) is 1. The Morgan fingerprint density at radius 2 is 2.18 bits per heavy atom. The highest BCUT2D eigenvalue weighted by Crippen LogP contribution is 2.29. The van der Waals surface area contributed by atoms with Crippen molar-refractivity contribution >= 4 is 16.8 Å². The van der Waals surface area contributed by atoms with Gasteiger partial charge in [0.05, 0.1) is 17.7 Å². The molecule has 3 rings (SSSR count). The lowest BCUT2D eigenvalue weighted by Crippen LogP contribution is -2.25. The maximum absolute atomic E-state index is 12.5. The number of benzene rings is 1. The Kier molecular flexibility index (Phi) is 4.10. The number of rotatable bonds is 6. The molecular weight excluding hydrogens is 276 g/mol. The number of amides is 1. The summed E-state index contributed by atoms with van der Waals surface area (Å²) in [4.78, 5) is 12.5. The fourth-order valence-electron chi connectivity index (χ4n) is 2.74. The Morgan fingerprint density at radius 3 is 2.86 bits per heavy atom. The molecule has 118 valence electrons. The second-order valence-corrected chi connectivity index (χ2v) is 6.15. The summed E-state index contributed by atoms with van der Waals surface area (Å²) in [6.07, 6.45) is 4.38. The van der Waals surface area contributed by atoms with Gasteiger partial charge in [0.25, 0.3) is 5.91 Å². The van der Waals surface area contributed by atoms with Gasteiger partial charge in [0, 0.05) is 30.2 Å². The number of ether oxygens (including phenoxy) is 1. The minimum atomic E-state index is 0.0465. The van der Waals surface area contributed by atoms with Crippen LogP contribution in [0.3, 0.4) is 0 Å². The van der Waals surface area contributed by atoms with Gasteiger partial charge in [-0.2, -0.15) is 0 Å². The summed E-state index contributed by atoms with van der Waals surface area (Å²) < 4.78 is 7.85. The normalized spacial score (nSPS) is 14.3. The van der Waals surface area contributed by atoms with Crippen molar-refractivity contribution in [1.82, 2.24) is 9.88 Å². The summed E-state index contributed by atoms with van der Waals surface area (Å²) in [5.74, 6) is 0.918. The lowest BCUT2D eigenvalue weighted by Gasteiger charge is -2.06. The first kappa shape index (κ1) is 14.9. The molecule has 1 saturated carbocycles. The highest BCUT2D eigenvalue weighted by atomic mass is 16.5. The molecule has 4 heteroatoms. The zero-order valence-corrected chi connectivity index (χ0v) is 13.6. The molecule has 0 radical (unpaired) electrons. The number of aryl methyl sites for hydroxylation is 1. The van der Waals surface area contributed by atoms with Crippen LogP contribution >= 0.6 is 0 Å². The third-order valence-corrected chi connectivity index (χ3v) is 4.37. The summed E-state index contributed by atoms with van der Waals surface area (Å²) in [6.45, 7) is 4.89. The van der Waals surface area contributed by atoms with Crippen molar-refractivity contribution in [3.05, 3.63) is 29.5 Å². The molecule has 0 aliphatic heterocycles. The van der Waals surface area contributed by atoms with Gasteiger partial charge in [-0.25, -0.2) is 0 Å². The van der Waals surface area contributed by atoms with Crippen molar-refractivity contribution in [2.24, 2.45) is 7.05 Å². The summed E-state index contributed by atoms with van der Waals surface area (Å²) in [7, 11) is 2.00. The minimum Gasteiger partial charge on any atom is -0.494 e. The van der Waals surface area contributed by atoms with E-state index in [2.05, 4.69) is 16.8 Å². The van der Waals surface area contributed by atoms with Gasteiger partial charge >= 0.3 is 0 Å². The van der Waals surface area contributed by atoms with E-state index in [4.69, 9.17) is 4.74 Å². The van der Waals surface area contributed by atoms with E-state index in [9.17, 15) is 4.79 Å². The van der Waals surface area contributed by atoms with Crippen LogP contribution in [0.15, 0.2) is 18.2 Å². The predicted molar refractivity (Wildman–Crippen MR) is 88.5 cm³/mol. The van der Waals surface area contributed by atoms with Gasteiger partial charge in [-0.05, 0) is 38.3 Å². The maximum Gasteiger partial charge on any atom is 0.253 e. The molecule has 2 aromatic rings. The van der Waals surface area contributed by atoms with Crippen LogP contribution in [0.5, 0.6) is 5.75 Å². The number of hydrogen-bond donors (Lipinski definition) is 1. The summed E-state index contributed by atoms with van der Waals surface area (Å²) in [6, 6.07) is 6.38. The molecule has 0 spiro atoms. The summed E-state index contributed by atoms with van der Waals surface area (Å²) in [5, 5.41) is 4.09. The second kappa shape index (κ2) is 6.03. The number of nitrogens with one attached hydrogen (secondary N) is 1. The highest BCUT2D eigenvalue weighted by molar-refractivity contribution is 6.08. The Balaban J connectivity index is 1.92. The average molecular weight is 300 g/mol. The van der Waals surface area contributed by atoms with Crippen molar-refractivity contribution in [2.45, 2.75) is 45.6 Å². The lowest BCUT2D eigenvalue weighted by molar-refractivity contribution is 0.0952. The zero-order chi connectivity index (χ0) is 15.7. The number of carbonyl (C=O) groups excluding carboxylic acids is 1. The molecule has 1 heterocycles. The molecule has 0 atom stereocenters. The van der Waals surface area contributed by atoms with Gasteiger partial charge in [0.15, 0.2) is 0 Å². The molecule has 1 aromatic carbocycles. The van der Waals surface area contributed by atoms with Gasteiger partial charge in [-0.3, -0.25) is 4.79 Å². The number of nitrogens with zero attached hydrogens (tertiary/aromatic N) is 1. The van der Waals surface area contributed by atoms with Crippen LogP contribution in [0, 0.1) is 6.92 Å². The van der Waals surface area contributed by atoms with E-state index >= 15 is 0 Å². The molecule has 0 saturated heterocycles. The summed E-state index contributed by atoms with van der Waals surface area (Å²) >= 11 is 0. The van der Waals surface area contributed by atoms with Crippen LogP contribution in [0.1, 0.15) is 48.7 Å². The van der Waals surface area contributed by atoms with Crippen LogP contribution < -0.4 is 10.1 Å². The van der Waals surface area contributed by atoms with E-state index in [0.29, 0.717) is 6.04 Å². The smallest absolute Gasteiger partial charge is 0.253 e. The van der Waals surface area contributed by atoms with E-state index in [1.807, 2.05) is 32.2 Å². The van der Waals surface area contributed by atoms with Gasteiger partial charge in [-0.1, -0.05) is 13.3 Å². The molecule has 4 nitrogen and oxygen atoms in total. The first-order chi connectivity index (χ1) is 10.6. The summed E-state index contributed by atoms with van der Waals surface area (Å²) in [5.41, 5.74) is 2.84. The molecule has 0 unspecified atom stereocenters. The topological polar surface area (TPSA) is 43.3 Å². The molecule has 22 heavy (non-hydrogen) atoms. The van der Waals surface area contributed by atoms with Crippen molar-refractivity contribution in [1.29, 1.82) is 0 Å². The van der Waals surface area contributed by atoms with Crippen LogP contribution in [0.2, 0.25) is 0 Å². The molecule has 1 N–H and O–H groups in total. The molecule has 1 aromatic heterocycles. The van der Waals surface area contributed by atoms with Crippen LogP contribution in [-0.4, -0.2) is 23.1 Å². The maximum atomic E-state index is 12.5. The average Bonchev–Trinajstić information content (AvgIpc) is 3.27. The second-order valence-electron chi connectivity index (χ2n) is 6.15. The number of hydrogen-bond acceptors (Lipinski definition) is 2.